The summed E-state index contributed by atoms with van der Waals surface area (Å²) in [6.07, 6.45) is 3.39. The molecule has 0 amide bonds. The number of benzene rings is 1. The molecule has 24 heavy (non-hydrogen) atoms. The number of nitrogens with zero attached hydrogens (tertiary/aromatic N) is 3. The third kappa shape index (κ3) is 4.20. The van der Waals surface area contributed by atoms with E-state index in [2.05, 4.69) is 14.9 Å². The number of ether oxygens (including phenoxy) is 2. The first-order chi connectivity index (χ1) is 11.7. The minimum absolute atomic E-state index is 0.297. The van der Waals surface area contributed by atoms with E-state index >= 15 is 0 Å². The van der Waals surface area contributed by atoms with Crippen LogP contribution < -0.4 is 9.64 Å². The van der Waals surface area contributed by atoms with Crippen LogP contribution >= 0.6 is 0 Å². The highest BCUT2D eigenvalue weighted by Crippen LogP contribution is 2.25. The van der Waals surface area contributed by atoms with Gasteiger partial charge in [0, 0.05) is 32.2 Å². The van der Waals surface area contributed by atoms with Crippen molar-refractivity contribution in [3.05, 3.63) is 48.2 Å². The van der Waals surface area contributed by atoms with Crippen LogP contribution in [0.2, 0.25) is 0 Å². The van der Waals surface area contributed by atoms with Gasteiger partial charge in [-0.05, 0) is 25.0 Å². The molecule has 1 aromatic carbocycles. The Labute approximate surface area is 141 Å². The largest absolute Gasteiger partial charge is 0.490 e. The molecule has 0 radical (unpaired) electrons. The van der Waals surface area contributed by atoms with Gasteiger partial charge in [0.2, 0.25) is 0 Å². The Morgan fingerprint density at radius 3 is 3.00 bits per heavy atom. The maximum absolute atomic E-state index is 13.5. The topological polar surface area (TPSA) is 47.5 Å². The normalized spacial score (nSPS) is 17.0. The number of anilines is 1. The Bertz CT molecular complexity index is 662. The van der Waals surface area contributed by atoms with E-state index in [4.69, 9.17) is 9.47 Å². The molecule has 6 heteroatoms. The fourth-order valence-corrected chi connectivity index (χ4v) is 2.72. The van der Waals surface area contributed by atoms with Gasteiger partial charge in [0.1, 0.15) is 12.1 Å². The fourth-order valence-electron chi connectivity index (χ4n) is 2.72. The summed E-state index contributed by atoms with van der Waals surface area (Å²) in [6, 6.07) is 8.48. The van der Waals surface area contributed by atoms with Gasteiger partial charge in [-0.1, -0.05) is 12.1 Å². The van der Waals surface area contributed by atoms with Crippen LogP contribution in [0.1, 0.15) is 24.5 Å². The van der Waals surface area contributed by atoms with Crippen molar-refractivity contribution in [2.45, 2.75) is 18.8 Å². The fraction of sp³-hybridized carbons (Fsp3) is 0.444. The van der Waals surface area contributed by atoms with Crippen LogP contribution in [-0.2, 0) is 4.74 Å². The number of aromatic nitrogens is 2. The molecule has 3 rings (SSSR count). The van der Waals surface area contributed by atoms with Gasteiger partial charge in [-0.25, -0.2) is 14.4 Å². The van der Waals surface area contributed by atoms with E-state index in [0.29, 0.717) is 18.3 Å². The molecule has 0 bridgehead atoms. The summed E-state index contributed by atoms with van der Waals surface area (Å²) >= 11 is 0. The van der Waals surface area contributed by atoms with Crippen molar-refractivity contribution in [1.82, 2.24) is 9.97 Å². The summed E-state index contributed by atoms with van der Waals surface area (Å²) in [5.41, 5.74) is 1.03. The molecule has 0 N–H and O–H groups in total. The van der Waals surface area contributed by atoms with Crippen LogP contribution in [0.3, 0.4) is 0 Å². The number of rotatable bonds is 7. The second-order valence-electron chi connectivity index (χ2n) is 5.92. The summed E-state index contributed by atoms with van der Waals surface area (Å²) in [7, 11) is 1.99. The van der Waals surface area contributed by atoms with E-state index in [1.54, 1.807) is 24.5 Å². The maximum Gasteiger partial charge on any atom is 0.165 e. The standard InChI is InChI=1S/C18H22FN3O2/c1-22(8-4-9-24-17-6-3-2-5-15(17)19)18-11-16(20-13-21-18)14-7-10-23-12-14/h2-3,5-6,11,13-14H,4,7-10,12H2,1H3. The predicted octanol–water partition coefficient (Wildman–Crippen LogP) is 3.02. The lowest BCUT2D eigenvalue weighted by Gasteiger charge is -2.19. The van der Waals surface area contributed by atoms with Gasteiger partial charge in [0.25, 0.3) is 0 Å². The Kier molecular flexibility index (Phi) is 5.59. The average Bonchev–Trinajstić information content (AvgIpc) is 3.15. The highest BCUT2D eigenvalue weighted by molar-refractivity contribution is 5.38. The number of para-hydroxylation sites is 1. The van der Waals surface area contributed by atoms with E-state index in [9.17, 15) is 4.39 Å². The summed E-state index contributed by atoms with van der Waals surface area (Å²) < 4.78 is 24.4. The van der Waals surface area contributed by atoms with Crippen molar-refractivity contribution >= 4 is 5.82 Å². The summed E-state index contributed by atoms with van der Waals surface area (Å²) in [5.74, 6) is 1.22. The molecule has 128 valence electrons. The molecule has 0 aliphatic carbocycles. The number of hydrogen-bond donors (Lipinski definition) is 0. The van der Waals surface area contributed by atoms with Gasteiger partial charge in [0.15, 0.2) is 11.6 Å². The zero-order valence-corrected chi connectivity index (χ0v) is 13.8. The lowest BCUT2D eigenvalue weighted by Crippen LogP contribution is -2.22. The third-order valence-electron chi connectivity index (χ3n) is 4.14. The second-order valence-corrected chi connectivity index (χ2v) is 5.92. The summed E-state index contributed by atoms with van der Waals surface area (Å²) in [5, 5.41) is 0. The first kappa shape index (κ1) is 16.6. The third-order valence-corrected chi connectivity index (χ3v) is 4.14. The van der Waals surface area contributed by atoms with Gasteiger partial charge in [-0.2, -0.15) is 0 Å². The molecule has 0 saturated carbocycles. The van der Waals surface area contributed by atoms with Crippen LogP contribution in [0.5, 0.6) is 5.75 Å². The van der Waals surface area contributed by atoms with E-state index in [0.717, 1.165) is 44.1 Å². The van der Waals surface area contributed by atoms with Gasteiger partial charge in [-0.15, -0.1) is 0 Å². The van der Waals surface area contributed by atoms with Crippen molar-refractivity contribution in [1.29, 1.82) is 0 Å². The number of hydrogen-bond acceptors (Lipinski definition) is 5. The SMILES string of the molecule is CN(CCCOc1ccccc1F)c1cc(C2CCOC2)ncn1. The van der Waals surface area contributed by atoms with Crippen LogP contribution in [-0.4, -0.2) is 43.4 Å². The van der Waals surface area contributed by atoms with Gasteiger partial charge < -0.3 is 14.4 Å². The van der Waals surface area contributed by atoms with E-state index in [-0.39, 0.29) is 5.82 Å². The summed E-state index contributed by atoms with van der Waals surface area (Å²) in [4.78, 5) is 10.8. The Morgan fingerprint density at radius 1 is 1.33 bits per heavy atom. The van der Waals surface area contributed by atoms with E-state index in [1.807, 2.05) is 13.1 Å². The van der Waals surface area contributed by atoms with Crippen LogP contribution in [0.15, 0.2) is 36.7 Å². The molecule has 0 spiro atoms. The first-order valence-electron chi connectivity index (χ1n) is 8.22. The molecule has 1 saturated heterocycles. The Morgan fingerprint density at radius 2 is 2.21 bits per heavy atom. The van der Waals surface area contributed by atoms with Crippen LogP contribution in [0, 0.1) is 5.82 Å². The van der Waals surface area contributed by atoms with E-state index in [1.165, 1.54) is 6.07 Å². The Balaban J connectivity index is 1.49. The lowest BCUT2D eigenvalue weighted by molar-refractivity contribution is 0.193. The van der Waals surface area contributed by atoms with Crippen molar-refractivity contribution in [2.75, 3.05) is 38.3 Å². The molecular weight excluding hydrogens is 309 g/mol. The van der Waals surface area contributed by atoms with Gasteiger partial charge in [-0.3, -0.25) is 0 Å². The van der Waals surface area contributed by atoms with Crippen molar-refractivity contribution in [3.63, 3.8) is 0 Å². The molecule has 1 atom stereocenters. The minimum Gasteiger partial charge on any atom is -0.490 e. The average molecular weight is 331 g/mol. The molecule has 2 heterocycles. The minimum atomic E-state index is -0.329. The molecule has 1 fully saturated rings. The lowest BCUT2D eigenvalue weighted by atomic mass is 10.0. The molecule has 2 aromatic rings. The van der Waals surface area contributed by atoms with Crippen molar-refractivity contribution in [2.24, 2.45) is 0 Å². The van der Waals surface area contributed by atoms with Crippen LogP contribution in [0.4, 0.5) is 10.2 Å². The number of halogens is 1. The van der Waals surface area contributed by atoms with Gasteiger partial charge in [0.05, 0.1) is 18.9 Å². The maximum atomic E-state index is 13.5. The smallest absolute Gasteiger partial charge is 0.165 e. The highest BCUT2D eigenvalue weighted by Gasteiger charge is 2.20. The van der Waals surface area contributed by atoms with Crippen LogP contribution in [0.25, 0.3) is 0 Å². The zero-order chi connectivity index (χ0) is 16.8. The van der Waals surface area contributed by atoms with Crippen molar-refractivity contribution < 1.29 is 13.9 Å². The molecular formula is C18H22FN3O2. The summed E-state index contributed by atoms with van der Waals surface area (Å²) in [6.45, 7) is 2.76. The highest BCUT2D eigenvalue weighted by atomic mass is 19.1. The molecule has 1 aliphatic rings. The molecule has 1 unspecified atom stereocenters. The molecule has 1 aliphatic heterocycles. The predicted molar refractivity (Wildman–Crippen MR) is 90.0 cm³/mol. The molecule has 5 nitrogen and oxygen atoms in total. The monoisotopic (exact) mass is 331 g/mol. The Hall–Kier alpha value is -2.21. The quantitative estimate of drug-likeness (QED) is 0.730. The van der Waals surface area contributed by atoms with Gasteiger partial charge >= 0.3 is 0 Å². The van der Waals surface area contributed by atoms with Crippen molar-refractivity contribution in [3.8, 4) is 5.75 Å². The zero-order valence-electron chi connectivity index (χ0n) is 13.8. The van der Waals surface area contributed by atoms with E-state index < -0.39 is 0 Å². The first-order valence-corrected chi connectivity index (χ1v) is 8.22. The second kappa shape index (κ2) is 8.06. The molecule has 1 aromatic heterocycles.